The Bertz CT molecular complexity index is 246. The third-order valence-corrected chi connectivity index (χ3v) is 3.53. The van der Waals surface area contributed by atoms with E-state index in [0.717, 1.165) is 32.5 Å². The summed E-state index contributed by atoms with van der Waals surface area (Å²) in [6.45, 7) is 8.79. The average Bonchev–Trinajstić information content (AvgIpc) is 2.32. The number of hydrogen-bond acceptors (Lipinski definition) is 4. The molecule has 5 heteroatoms. The van der Waals surface area contributed by atoms with Crippen molar-refractivity contribution in [3.05, 3.63) is 0 Å². The number of carbonyl (C=O) groups is 1. The van der Waals surface area contributed by atoms with E-state index < -0.39 is 5.54 Å². The van der Waals surface area contributed by atoms with Gasteiger partial charge in [0, 0.05) is 19.7 Å². The summed E-state index contributed by atoms with van der Waals surface area (Å²) >= 11 is 0. The Labute approximate surface area is 111 Å². The number of nitrogens with one attached hydrogen (secondary N) is 1. The van der Waals surface area contributed by atoms with Crippen molar-refractivity contribution in [2.24, 2.45) is 5.73 Å². The number of methoxy groups -OCH3 is 1. The van der Waals surface area contributed by atoms with Crippen LogP contribution in [-0.4, -0.2) is 56.2 Å². The van der Waals surface area contributed by atoms with Crippen LogP contribution in [0.4, 0.5) is 0 Å². The van der Waals surface area contributed by atoms with Gasteiger partial charge < -0.3 is 15.8 Å². The van der Waals surface area contributed by atoms with Crippen LogP contribution in [0, 0.1) is 0 Å². The molecule has 0 bridgehead atoms. The van der Waals surface area contributed by atoms with Gasteiger partial charge in [-0.1, -0.05) is 0 Å². The van der Waals surface area contributed by atoms with E-state index >= 15 is 0 Å². The van der Waals surface area contributed by atoms with Crippen molar-refractivity contribution < 1.29 is 9.53 Å². The monoisotopic (exact) mass is 259 g/mol. The number of likely N-dealkylation sites (N-methyl/N-ethyl adjacent to an activating group) is 1. The van der Waals surface area contributed by atoms with Crippen molar-refractivity contribution in [3.63, 3.8) is 0 Å². The zero-order valence-corrected chi connectivity index (χ0v) is 12.5. The zero-order chi connectivity index (χ0) is 14.2. The van der Waals surface area contributed by atoms with Gasteiger partial charge in [0.15, 0.2) is 0 Å². The lowest BCUT2D eigenvalue weighted by atomic mass is 9.95. The molecule has 0 aromatic carbocycles. The van der Waals surface area contributed by atoms with E-state index in [9.17, 15) is 4.79 Å². The summed E-state index contributed by atoms with van der Waals surface area (Å²) in [4.78, 5) is 13.7. The van der Waals surface area contributed by atoms with Crippen molar-refractivity contribution in [1.82, 2.24) is 10.2 Å². The molecular weight excluding hydrogens is 230 g/mol. The maximum Gasteiger partial charge on any atom is 0.237 e. The maximum atomic E-state index is 11.4. The van der Waals surface area contributed by atoms with E-state index in [4.69, 9.17) is 10.5 Å². The lowest BCUT2D eigenvalue weighted by Gasteiger charge is -2.29. The van der Waals surface area contributed by atoms with Crippen molar-refractivity contribution in [1.29, 1.82) is 0 Å². The topological polar surface area (TPSA) is 67.6 Å². The molecule has 18 heavy (non-hydrogen) atoms. The van der Waals surface area contributed by atoms with E-state index in [1.54, 1.807) is 14.2 Å². The van der Waals surface area contributed by atoms with E-state index in [1.165, 1.54) is 0 Å². The molecule has 0 saturated carbocycles. The Kier molecular flexibility index (Phi) is 8.15. The predicted octanol–water partition coefficient (Wildman–Crippen LogP) is 0.587. The second-order valence-electron chi connectivity index (χ2n) is 5.17. The largest absolute Gasteiger partial charge is 0.383 e. The Balaban J connectivity index is 4.16. The van der Waals surface area contributed by atoms with Crippen LogP contribution in [0.1, 0.15) is 33.6 Å². The number of ether oxygens (including phenoxy) is 1. The second-order valence-corrected chi connectivity index (χ2v) is 5.17. The minimum atomic E-state index is -0.607. The van der Waals surface area contributed by atoms with Gasteiger partial charge >= 0.3 is 0 Å². The molecule has 0 aliphatic rings. The predicted molar refractivity (Wildman–Crippen MR) is 74.5 cm³/mol. The summed E-state index contributed by atoms with van der Waals surface area (Å²) < 4.78 is 5.10. The molecule has 0 radical (unpaired) electrons. The molecule has 108 valence electrons. The molecule has 0 aromatic rings. The molecule has 0 fully saturated rings. The van der Waals surface area contributed by atoms with Gasteiger partial charge in [0.1, 0.15) is 0 Å². The number of rotatable bonds is 10. The van der Waals surface area contributed by atoms with E-state index in [2.05, 4.69) is 24.1 Å². The Hall–Kier alpha value is -0.650. The summed E-state index contributed by atoms with van der Waals surface area (Å²) in [5, 5.41) is 3.01. The minimum Gasteiger partial charge on any atom is -0.383 e. The molecule has 0 rings (SSSR count). The molecule has 0 saturated heterocycles. The quantitative estimate of drug-likeness (QED) is 0.602. The number of nitrogens with two attached hydrogens (primary N) is 1. The molecule has 3 N–H and O–H groups in total. The summed E-state index contributed by atoms with van der Waals surface area (Å²) in [6, 6.07) is 0.481. The van der Waals surface area contributed by atoms with Crippen molar-refractivity contribution in [2.75, 3.05) is 33.9 Å². The lowest BCUT2D eigenvalue weighted by molar-refractivity contribution is -0.123. The zero-order valence-electron chi connectivity index (χ0n) is 12.5. The first-order valence-electron chi connectivity index (χ1n) is 6.59. The van der Waals surface area contributed by atoms with Crippen molar-refractivity contribution in [3.8, 4) is 0 Å². The van der Waals surface area contributed by atoms with Gasteiger partial charge in [-0.2, -0.15) is 0 Å². The summed E-state index contributed by atoms with van der Waals surface area (Å²) in [7, 11) is 3.49. The maximum absolute atomic E-state index is 11.4. The smallest absolute Gasteiger partial charge is 0.237 e. The van der Waals surface area contributed by atoms with Crippen LogP contribution >= 0.6 is 0 Å². The number of primary amides is 1. The average molecular weight is 259 g/mol. The Morgan fingerprint density at radius 1 is 1.44 bits per heavy atom. The molecule has 0 aliphatic carbocycles. The second kappa shape index (κ2) is 8.45. The van der Waals surface area contributed by atoms with Crippen LogP contribution in [0.3, 0.4) is 0 Å². The molecule has 1 atom stereocenters. The third kappa shape index (κ3) is 5.80. The summed E-state index contributed by atoms with van der Waals surface area (Å²) in [6.07, 6.45) is 1.68. The summed E-state index contributed by atoms with van der Waals surface area (Å²) in [5.74, 6) is -0.294. The minimum absolute atomic E-state index is 0.294. The van der Waals surface area contributed by atoms with Crippen LogP contribution in [0.2, 0.25) is 0 Å². The SMILES string of the molecule is CNC(C)(CCCN(CCOC)C(C)C)C(N)=O. The van der Waals surface area contributed by atoms with Crippen LogP contribution in [0.15, 0.2) is 0 Å². The third-order valence-electron chi connectivity index (χ3n) is 3.53. The van der Waals surface area contributed by atoms with E-state index in [1.807, 2.05) is 6.92 Å². The van der Waals surface area contributed by atoms with Crippen LogP contribution in [0.25, 0.3) is 0 Å². The highest BCUT2D eigenvalue weighted by Crippen LogP contribution is 2.12. The molecule has 5 nitrogen and oxygen atoms in total. The number of nitrogens with zero attached hydrogens (tertiary/aromatic N) is 1. The van der Waals surface area contributed by atoms with Gasteiger partial charge in [-0.25, -0.2) is 0 Å². The van der Waals surface area contributed by atoms with Gasteiger partial charge in [0.05, 0.1) is 12.1 Å². The van der Waals surface area contributed by atoms with Crippen molar-refractivity contribution >= 4 is 5.91 Å². The fourth-order valence-electron chi connectivity index (χ4n) is 1.84. The van der Waals surface area contributed by atoms with Gasteiger partial charge in [0.2, 0.25) is 5.91 Å². The summed E-state index contributed by atoms with van der Waals surface area (Å²) in [5.41, 5.74) is 4.80. The van der Waals surface area contributed by atoms with E-state index in [-0.39, 0.29) is 5.91 Å². The first-order valence-corrected chi connectivity index (χ1v) is 6.59. The highest BCUT2D eigenvalue weighted by atomic mass is 16.5. The Morgan fingerprint density at radius 3 is 2.44 bits per heavy atom. The van der Waals surface area contributed by atoms with Gasteiger partial charge in [-0.3, -0.25) is 9.69 Å². The fourth-order valence-corrected chi connectivity index (χ4v) is 1.84. The molecule has 0 aromatic heterocycles. The molecule has 1 amide bonds. The van der Waals surface area contributed by atoms with Crippen LogP contribution in [0.5, 0.6) is 0 Å². The lowest BCUT2D eigenvalue weighted by Crippen LogP contribution is -2.51. The molecule has 0 spiro atoms. The molecule has 1 unspecified atom stereocenters. The van der Waals surface area contributed by atoms with Crippen molar-refractivity contribution in [2.45, 2.75) is 45.2 Å². The van der Waals surface area contributed by atoms with Crippen LogP contribution < -0.4 is 11.1 Å². The highest BCUT2D eigenvalue weighted by molar-refractivity contribution is 5.84. The number of hydrogen-bond donors (Lipinski definition) is 2. The fraction of sp³-hybridized carbons (Fsp3) is 0.923. The van der Waals surface area contributed by atoms with Crippen LogP contribution in [-0.2, 0) is 9.53 Å². The van der Waals surface area contributed by atoms with E-state index in [0.29, 0.717) is 6.04 Å². The van der Waals surface area contributed by atoms with Gasteiger partial charge in [-0.05, 0) is 47.2 Å². The standard InChI is InChI=1S/C13H29N3O2/c1-11(2)16(9-10-18-5)8-6-7-13(3,15-4)12(14)17/h11,15H,6-10H2,1-5H3,(H2,14,17). The first-order chi connectivity index (χ1) is 8.37. The number of carbonyl (C=O) groups excluding carboxylic acids is 1. The highest BCUT2D eigenvalue weighted by Gasteiger charge is 2.28. The van der Waals surface area contributed by atoms with Gasteiger partial charge in [0.25, 0.3) is 0 Å². The molecule has 0 aliphatic heterocycles. The first kappa shape index (κ1) is 17.4. The number of amides is 1. The molecular formula is C13H29N3O2. The normalized spacial score (nSPS) is 15.1. The Morgan fingerprint density at radius 2 is 2.06 bits per heavy atom. The molecule has 0 heterocycles. The van der Waals surface area contributed by atoms with Gasteiger partial charge in [-0.15, -0.1) is 0 Å².